The minimum Gasteiger partial charge on any atom is -0.481 e. The number of sulfonamides is 1. The highest BCUT2D eigenvalue weighted by atomic mass is 32.2. The summed E-state index contributed by atoms with van der Waals surface area (Å²) in [5, 5.41) is 14.8. The summed E-state index contributed by atoms with van der Waals surface area (Å²) in [6.45, 7) is 5.86. The van der Waals surface area contributed by atoms with Crippen molar-refractivity contribution in [3.8, 4) is 0 Å². The van der Waals surface area contributed by atoms with E-state index in [1.54, 1.807) is 31.2 Å². The van der Waals surface area contributed by atoms with Gasteiger partial charge in [0.05, 0.1) is 4.90 Å². The fraction of sp³-hybridized carbons (Fsp3) is 0.467. The maximum Gasteiger partial charge on any atom is 0.300 e. The molecule has 0 saturated heterocycles. The molecule has 0 aliphatic heterocycles. The predicted octanol–water partition coefficient (Wildman–Crippen LogP) is 2.07. The Balaban J connectivity index is 0. The van der Waals surface area contributed by atoms with Crippen molar-refractivity contribution in [3.05, 3.63) is 29.8 Å². The van der Waals surface area contributed by atoms with E-state index in [0.29, 0.717) is 11.5 Å². The molecule has 0 aliphatic rings. The van der Waals surface area contributed by atoms with Crippen LogP contribution in [0, 0.1) is 6.92 Å². The van der Waals surface area contributed by atoms with Crippen LogP contribution in [0.4, 0.5) is 0 Å². The summed E-state index contributed by atoms with van der Waals surface area (Å²) < 4.78 is 26.8. The van der Waals surface area contributed by atoms with Crippen molar-refractivity contribution in [2.24, 2.45) is 0 Å². The highest BCUT2D eigenvalue weighted by Gasteiger charge is 2.28. The molecule has 0 radical (unpaired) electrons. The van der Waals surface area contributed by atoms with Crippen molar-refractivity contribution in [3.63, 3.8) is 0 Å². The topological polar surface area (TPSA) is 121 Å². The zero-order valence-corrected chi connectivity index (χ0v) is 17.2. The minimum absolute atomic E-state index is 0.262. The lowest BCUT2D eigenvalue weighted by Gasteiger charge is -2.26. The van der Waals surface area contributed by atoms with E-state index in [-0.39, 0.29) is 4.90 Å². The molecule has 0 aromatic heterocycles. The summed E-state index contributed by atoms with van der Waals surface area (Å²) in [7, 11) is -3.51. The van der Waals surface area contributed by atoms with Crippen LogP contribution in [0.3, 0.4) is 0 Å². The third-order valence-corrected chi connectivity index (χ3v) is 5.46. The summed E-state index contributed by atoms with van der Waals surface area (Å²) >= 11 is 8.29. The quantitative estimate of drug-likeness (QED) is 0.473. The number of hydrogen-bond donors (Lipinski definition) is 5. The smallest absolute Gasteiger partial charge is 0.300 e. The van der Waals surface area contributed by atoms with Crippen LogP contribution in [0.2, 0.25) is 0 Å². The lowest BCUT2D eigenvalue weighted by atomic mass is 10.1. The molecule has 1 aromatic rings. The van der Waals surface area contributed by atoms with E-state index in [2.05, 4.69) is 30.0 Å². The van der Waals surface area contributed by atoms with Gasteiger partial charge in [-0.2, -0.15) is 25.3 Å². The SMILES string of the molecule is CC(=O)O.CC(=O)O.Cc1ccc(S(=O)(=O)NC(C)(CS)CS)cc1. The van der Waals surface area contributed by atoms with E-state index in [1.165, 1.54) is 0 Å². The van der Waals surface area contributed by atoms with E-state index < -0.39 is 27.5 Å². The average Bonchev–Trinajstić information content (AvgIpc) is 2.46. The molecule has 1 rings (SSSR count). The summed E-state index contributed by atoms with van der Waals surface area (Å²) in [6, 6.07) is 6.73. The van der Waals surface area contributed by atoms with Crippen molar-refractivity contribution in [2.45, 2.75) is 38.1 Å². The van der Waals surface area contributed by atoms with E-state index in [9.17, 15) is 8.42 Å². The Morgan fingerprint density at radius 2 is 1.36 bits per heavy atom. The minimum atomic E-state index is -3.51. The third-order valence-electron chi connectivity index (χ3n) is 2.41. The molecule has 1 aromatic carbocycles. The van der Waals surface area contributed by atoms with Gasteiger partial charge in [-0.05, 0) is 26.0 Å². The van der Waals surface area contributed by atoms with Crippen LogP contribution < -0.4 is 4.72 Å². The highest BCUT2D eigenvalue weighted by molar-refractivity contribution is 7.89. The molecule has 0 heterocycles. The Kier molecular flexibility index (Phi) is 12.7. The highest BCUT2D eigenvalue weighted by Crippen LogP contribution is 2.16. The van der Waals surface area contributed by atoms with Gasteiger partial charge in [-0.3, -0.25) is 9.59 Å². The number of nitrogens with one attached hydrogen (secondary N) is 1. The molecule has 0 amide bonds. The van der Waals surface area contributed by atoms with Gasteiger partial charge in [0.1, 0.15) is 0 Å². The van der Waals surface area contributed by atoms with E-state index in [1.807, 2.05) is 6.92 Å². The van der Waals surface area contributed by atoms with Crippen molar-refractivity contribution >= 4 is 47.2 Å². The van der Waals surface area contributed by atoms with Gasteiger partial charge in [-0.15, -0.1) is 0 Å². The second-order valence-electron chi connectivity index (χ2n) is 5.33. The Morgan fingerprint density at radius 1 is 1.04 bits per heavy atom. The second kappa shape index (κ2) is 12.2. The molecule has 10 heteroatoms. The van der Waals surface area contributed by atoms with Crippen LogP contribution in [0.15, 0.2) is 29.2 Å². The van der Waals surface area contributed by atoms with E-state index >= 15 is 0 Å². The monoisotopic (exact) mass is 411 g/mol. The Hall–Kier alpha value is -1.23. The number of aliphatic carboxylic acids is 2. The predicted molar refractivity (Wildman–Crippen MR) is 104 cm³/mol. The molecule has 0 bridgehead atoms. The molecule has 0 atom stereocenters. The third kappa shape index (κ3) is 13.7. The first-order valence-corrected chi connectivity index (χ1v) is 9.76. The van der Waals surface area contributed by atoms with Crippen LogP contribution in [-0.4, -0.2) is 47.6 Å². The van der Waals surface area contributed by atoms with Crippen LogP contribution in [0.5, 0.6) is 0 Å². The molecule has 0 saturated carbocycles. The van der Waals surface area contributed by atoms with Crippen molar-refractivity contribution in [1.82, 2.24) is 4.72 Å². The Morgan fingerprint density at radius 3 is 1.64 bits per heavy atom. The zero-order valence-electron chi connectivity index (χ0n) is 14.6. The first kappa shape index (κ1) is 26.0. The molecule has 7 nitrogen and oxygen atoms in total. The summed E-state index contributed by atoms with van der Waals surface area (Å²) in [5.74, 6) is -0.886. The molecule has 0 fully saturated rings. The first-order valence-electron chi connectivity index (χ1n) is 7.01. The van der Waals surface area contributed by atoms with Crippen LogP contribution in [0.25, 0.3) is 0 Å². The van der Waals surface area contributed by atoms with Crippen molar-refractivity contribution in [2.75, 3.05) is 11.5 Å². The summed E-state index contributed by atoms with van der Waals surface area (Å²) in [4.78, 5) is 18.3. The maximum absolute atomic E-state index is 12.1. The molecular weight excluding hydrogens is 386 g/mol. The largest absolute Gasteiger partial charge is 0.481 e. The van der Waals surface area contributed by atoms with Gasteiger partial charge in [-0.1, -0.05) is 17.7 Å². The molecule has 25 heavy (non-hydrogen) atoms. The Labute approximate surface area is 159 Å². The van der Waals surface area contributed by atoms with Crippen LogP contribution in [0.1, 0.15) is 26.3 Å². The van der Waals surface area contributed by atoms with Gasteiger partial charge in [0.15, 0.2) is 0 Å². The summed E-state index contributed by atoms with van der Waals surface area (Å²) in [6.07, 6.45) is 0. The van der Waals surface area contributed by atoms with Gasteiger partial charge < -0.3 is 10.2 Å². The maximum atomic E-state index is 12.1. The van der Waals surface area contributed by atoms with E-state index in [4.69, 9.17) is 19.8 Å². The van der Waals surface area contributed by atoms with Gasteiger partial charge in [0.2, 0.25) is 10.0 Å². The molecule has 0 aliphatic carbocycles. The fourth-order valence-corrected chi connectivity index (χ4v) is 3.39. The second-order valence-corrected chi connectivity index (χ2v) is 7.65. The van der Waals surface area contributed by atoms with Crippen molar-refractivity contribution in [1.29, 1.82) is 0 Å². The van der Waals surface area contributed by atoms with Gasteiger partial charge in [-0.25, -0.2) is 13.1 Å². The fourth-order valence-electron chi connectivity index (χ4n) is 1.22. The number of hydrogen-bond acceptors (Lipinski definition) is 6. The van der Waals surface area contributed by atoms with Gasteiger partial charge in [0, 0.05) is 30.9 Å². The lowest BCUT2D eigenvalue weighted by Crippen LogP contribution is -2.49. The number of thiol groups is 2. The zero-order chi connectivity index (χ0) is 20.3. The van der Waals surface area contributed by atoms with Crippen molar-refractivity contribution < 1.29 is 28.2 Å². The Bertz CT molecular complexity index is 620. The number of benzene rings is 1. The van der Waals surface area contributed by atoms with Gasteiger partial charge in [0.25, 0.3) is 11.9 Å². The molecule has 0 spiro atoms. The number of carboxylic acids is 2. The van der Waals surface area contributed by atoms with E-state index in [0.717, 1.165) is 19.4 Å². The normalized spacial score (nSPS) is 10.6. The number of rotatable bonds is 5. The molecule has 144 valence electrons. The molecular formula is C15H25NO6S3. The standard InChI is InChI=1S/C11H17NO2S3.2C2H4O2/c1-9-3-5-10(6-4-9)17(13,14)12-11(2,7-15)8-16;2*1-2(3)4/h3-6,12,15-16H,7-8H2,1-2H3;2*1H3,(H,3,4). The number of aryl methyl sites for hydroxylation is 1. The number of carboxylic acid groups (broad SMARTS) is 2. The van der Waals surface area contributed by atoms with Crippen LogP contribution in [-0.2, 0) is 19.6 Å². The van der Waals surface area contributed by atoms with Crippen LogP contribution >= 0.6 is 25.3 Å². The molecule has 3 N–H and O–H groups in total. The average molecular weight is 412 g/mol. The number of carbonyl (C=O) groups is 2. The first-order chi connectivity index (χ1) is 11.3. The lowest BCUT2D eigenvalue weighted by molar-refractivity contribution is -0.135. The molecule has 0 unspecified atom stereocenters. The summed E-state index contributed by atoms with van der Waals surface area (Å²) in [5.41, 5.74) is 0.380. The van der Waals surface area contributed by atoms with Gasteiger partial charge >= 0.3 is 0 Å².